The van der Waals surface area contributed by atoms with Crippen LogP contribution in [0.5, 0.6) is 5.75 Å². The number of nitrogens with one attached hydrogen (secondary N) is 1. The first-order valence-electron chi connectivity index (χ1n) is 7.75. The van der Waals surface area contributed by atoms with Gasteiger partial charge in [-0.2, -0.15) is 0 Å². The number of aliphatic hydroxyl groups excluding tert-OH is 1. The van der Waals surface area contributed by atoms with Crippen molar-refractivity contribution in [1.29, 1.82) is 0 Å². The molecule has 0 spiro atoms. The van der Waals surface area contributed by atoms with Crippen LogP contribution in [0.25, 0.3) is 0 Å². The second kappa shape index (κ2) is 7.48. The third-order valence-corrected chi connectivity index (χ3v) is 4.56. The summed E-state index contributed by atoms with van der Waals surface area (Å²) in [5.74, 6) is 0.623. The largest absolute Gasteiger partial charge is 0.489 e. The zero-order valence-corrected chi connectivity index (χ0v) is 13.7. The Morgan fingerprint density at radius 3 is 2.67 bits per heavy atom. The summed E-state index contributed by atoms with van der Waals surface area (Å²) in [5, 5.41) is 14.0. The molecule has 1 aliphatic rings. The van der Waals surface area contributed by atoms with Crippen molar-refractivity contribution in [3.05, 3.63) is 29.3 Å². The molecule has 0 heterocycles. The van der Waals surface area contributed by atoms with E-state index in [-0.39, 0.29) is 6.61 Å². The first kappa shape index (κ1) is 16.6. The topological polar surface area (TPSA) is 41.5 Å². The minimum Gasteiger partial charge on any atom is -0.489 e. The Balaban J connectivity index is 1.66. The molecule has 0 aliphatic heterocycles. The fourth-order valence-corrected chi connectivity index (χ4v) is 2.90. The molecular formula is C17H26ClNO2. The van der Waals surface area contributed by atoms with Crippen molar-refractivity contribution in [2.24, 2.45) is 5.41 Å². The Morgan fingerprint density at radius 1 is 1.33 bits per heavy atom. The number of aliphatic hydroxyl groups is 1. The van der Waals surface area contributed by atoms with Gasteiger partial charge in [0.2, 0.25) is 0 Å². The first-order chi connectivity index (χ1) is 9.96. The van der Waals surface area contributed by atoms with Crippen LogP contribution in [0.1, 0.15) is 39.5 Å². The maximum absolute atomic E-state index is 10.0. The van der Waals surface area contributed by atoms with E-state index in [2.05, 4.69) is 19.2 Å². The Hall–Kier alpha value is -0.770. The maximum Gasteiger partial charge on any atom is 0.138 e. The van der Waals surface area contributed by atoms with E-state index in [1.807, 2.05) is 18.2 Å². The lowest BCUT2D eigenvalue weighted by molar-refractivity contribution is 0.0983. The lowest BCUT2D eigenvalue weighted by atomic mass is 9.75. The summed E-state index contributed by atoms with van der Waals surface area (Å²) in [5.41, 5.74) is 0.476. The molecule has 0 radical (unpaired) electrons. The van der Waals surface area contributed by atoms with Crippen molar-refractivity contribution >= 4 is 11.6 Å². The van der Waals surface area contributed by atoms with Crippen molar-refractivity contribution in [2.75, 3.05) is 13.2 Å². The lowest BCUT2D eigenvalue weighted by Crippen LogP contribution is -2.41. The molecule has 1 atom stereocenters. The molecular weight excluding hydrogens is 286 g/mol. The van der Waals surface area contributed by atoms with Gasteiger partial charge in [0, 0.05) is 12.6 Å². The second-order valence-electron chi connectivity index (χ2n) is 6.74. The number of hydrogen-bond acceptors (Lipinski definition) is 3. The third kappa shape index (κ3) is 5.50. The fraction of sp³-hybridized carbons (Fsp3) is 0.647. The van der Waals surface area contributed by atoms with E-state index < -0.39 is 6.10 Å². The van der Waals surface area contributed by atoms with Gasteiger partial charge in [0.05, 0.1) is 5.02 Å². The van der Waals surface area contributed by atoms with Gasteiger partial charge in [-0.05, 0) is 43.2 Å². The number of hydrogen-bond donors (Lipinski definition) is 2. The maximum atomic E-state index is 10.0. The smallest absolute Gasteiger partial charge is 0.138 e. The van der Waals surface area contributed by atoms with Gasteiger partial charge in [0.25, 0.3) is 0 Å². The van der Waals surface area contributed by atoms with Crippen LogP contribution in [-0.2, 0) is 0 Å². The molecule has 1 unspecified atom stereocenters. The van der Waals surface area contributed by atoms with Crippen LogP contribution in [0.3, 0.4) is 0 Å². The van der Waals surface area contributed by atoms with Crippen molar-refractivity contribution in [1.82, 2.24) is 5.32 Å². The number of benzene rings is 1. The van der Waals surface area contributed by atoms with Crippen LogP contribution in [-0.4, -0.2) is 30.4 Å². The Morgan fingerprint density at radius 2 is 2.00 bits per heavy atom. The average molecular weight is 312 g/mol. The van der Waals surface area contributed by atoms with E-state index in [4.69, 9.17) is 16.3 Å². The van der Waals surface area contributed by atoms with E-state index in [9.17, 15) is 5.11 Å². The van der Waals surface area contributed by atoms with Gasteiger partial charge in [0.15, 0.2) is 0 Å². The van der Waals surface area contributed by atoms with Crippen LogP contribution in [0, 0.1) is 5.41 Å². The minimum absolute atomic E-state index is 0.259. The van der Waals surface area contributed by atoms with Crippen LogP contribution in [0.2, 0.25) is 5.02 Å². The van der Waals surface area contributed by atoms with E-state index in [0.717, 1.165) is 0 Å². The third-order valence-electron chi connectivity index (χ3n) is 4.25. The summed E-state index contributed by atoms with van der Waals surface area (Å²) in [7, 11) is 0. The molecule has 4 heteroatoms. The SMILES string of the molecule is CC1(C)CCC(NCC(O)COc2ccccc2Cl)CC1. The van der Waals surface area contributed by atoms with E-state index in [1.54, 1.807) is 6.07 Å². The molecule has 0 amide bonds. The quantitative estimate of drug-likeness (QED) is 0.843. The molecule has 0 bridgehead atoms. The fourth-order valence-electron chi connectivity index (χ4n) is 2.71. The number of halogens is 1. The molecule has 21 heavy (non-hydrogen) atoms. The average Bonchev–Trinajstić information content (AvgIpc) is 2.45. The lowest BCUT2D eigenvalue weighted by Gasteiger charge is -2.35. The zero-order chi connectivity index (χ0) is 15.3. The Labute approximate surface area is 132 Å². The summed E-state index contributed by atoms with van der Waals surface area (Å²) in [4.78, 5) is 0. The highest BCUT2D eigenvalue weighted by atomic mass is 35.5. The van der Waals surface area contributed by atoms with Crippen molar-refractivity contribution in [3.8, 4) is 5.75 Å². The van der Waals surface area contributed by atoms with Gasteiger partial charge in [0.1, 0.15) is 18.5 Å². The predicted octanol–water partition coefficient (Wildman–Crippen LogP) is 3.64. The van der Waals surface area contributed by atoms with Crippen LogP contribution >= 0.6 is 11.6 Å². The molecule has 1 aliphatic carbocycles. The van der Waals surface area contributed by atoms with Gasteiger partial charge in [-0.1, -0.05) is 37.6 Å². The van der Waals surface area contributed by atoms with Gasteiger partial charge in [-0.3, -0.25) is 0 Å². The molecule has 2 rings (SSSR count). The normalized spacial score (nSPS) is 20.2. The highest BCUT2D eigenvalue weighted by Gasteiger charge is 2.26. The second-order valence-corrected chi connectivity index (χ2v) is 7.15. The number of para-hydroxylation sites is 1. The molecule has 1 fully saturated rings. The van der Waals surface area contributed by atoms with E-state index in [1.165, 1.54) is 25.7 Å². The molecule has 1 saturated carbocycles. The first-order valence-corrected chi connectivity index (χ1v) is 8.13. The van der Waals surface area contributed by atoms with Crippen molar-refractivity contribution in [3.63, 3.8) is 0 Å². The van der Waals surface area contributed by atoms with Gasteiger partial charge in [-0.25, -0.2) is 0 Å². The molecule has 0 saturated heterocycles. The Kier molecular flexibility index (Phi) is 5.91. The highest BCUT2D eigenvalue weighted by Crippen LogP contribution is 2.34. The molecule has 3 nitrogen and oxygen atoms in total. The molecule has 1 aromatic carbocycles. The minimum atomic E-state index is -0.517. The summed E-state index contributed by atoms with van der Waals surface area (Å²) in [6.45, 7) is 5.48. The van der Waals surface area contributed by atoms with Crippen LogP contribution < -0.4 is 10.1 Å². The monoisotopic (exact) mass is 311 g/mol. The molecule has 1 aromatic rings. The Bertz CT molecular complexity index is 440. The zero-order valence-electron chi connectivity index (χ0n) is 12.9. The molecule has 2 N–H and O–H groups in total. The summed E-state index contributed by atoms with van der Waals surface area (Å²) < 4.78 is 5.55. The summed E-state index contributed by atoms with van der Waals surface area (Å²) in [6.07, 6.45) is 4.35. The van der Waals surface area contributed by atoms with Gasteiger partial charge < -0.3 is 15.2 Å². The van der Waals surface area contributed by atoms with Crippen LogP contribution in [0.4, 0.5) is 0 Å². The summed E-state index contributed by atoms with van der Waals surface area (Å²) >= 11 is 6.01. The van der Waals surface area contributed by atoms with E-state index >= 15 is 0 Å². The molecule has 118 valence electrons. The number of rotatable bonds is 6. The van der Waals surface area contributed by atoms with Crippen LogP contribution in [0.15, 0.2) is 24.3 Å². The van der Waals surface area contributed by atoms with Crippen molar-refractivity contribution in [2.45, 2.75) is 51.7 Å². The summed E-state index contributed by atoms with van der Waals surface area (Å²) in [6, 6.07) is 7.85. The van der Waals surface area contributed by atoms with Gasteiger partial charge >= 0.3 is 0 Å². The molecule has 0 aromatic heterocycles. The van der Waals surface area contributed by atoms with E-state index in [0.29, 0.717) is 28.8 Å². The van der Waals surface area contributed by atoms with Crippen molar-refractivity contribution < 1.29 is 9.84 Å². The number of ether oxygens (including phenoxy) is 1. The predicted molar refractivity (Wildman–Crippen MR) is 87.0 cm³/mol. The van der Waals surface area contributed by atoms with Gasteiger partial charge in [-0.15, -0.1) is 0 Å². The highest BCUT2D eigenvalue weighted by molar-refractivity contribution is 6.32. The standard InChI is InChI=1S/C17H26ClNO2/c1-17(2)9-7-13(8-10-17)19-11-14(20)12-21-16-6-4-3-5-15(16)18/h3-6,13-14,19-20H,7-12H2,1-2H3.